The van der Waals surface area contributed by atoms with Crippen molar-refractivity contribution in [1.82, 2.24) is 5.32 Å². The van der Waals surface area contributed by atoms with Gasteiger partial charge in [-0.3, -0.25) is 0 Å². The van der Waals surface area contributed by atoms with Crippen LogP contribution >= 0.6 is 0 Å². The Hall–Kier alpha value is -1.06. The molecule has 1 fully saturated rings. The van der Waals surface area contributed by atoms with Crippen LogP contribution < -0.4 is 10.1 Å². The van der Waals surface area contributed by atoms with Crippen LogP contribution in [-0.4, -0.2) is 32.9 Å². The van der Waals surface area contributed by atoms with Crippen LogP contribution in [0.2, 0.25) is 0 Å². The van der Waals surface area contributed by atoms with E-state index < -0.39 is 0 Å². The van der Waals surface area contributed by atoms with Gasteiger partial charge in [0.1, 0.15) is 11.4 Å². The third-order valence-electron chi connectivity index (χ3n) is 3.95. The molecular formula is C16H25NO2. The number of ether oxygens (including phenoxy) is 2. The molecule has 0 unspecified atom stereocenters. The molecule has 19 heavy (non-hydrogen) atoms. The summed E-state index contributed by atoms with van der Waals surface area (Å²) in [6.45, 7) is 1.79. The predicted molar refractivity (Wildman–Crippen MR) is 77.8 cm³/mol. The Morgan fingerprint density at radius 1 is 1.21 bits per heavy atom. The standard InChI is InChI=1S/C16H25NO2/c1-17-12-11-16(9-3-10-16)19-15-6-4-14(5-7-15)8-13-18-2/h4-7,17H,3,8-13H2,1-2H3. The van der Waals surface area contributed by atoms with Crippen LogP contribution in [0.3, 0.4) is 0 Å². The summed E-state index contributed by atoms with van der Waals surface area (Å²) < 4.78 is 11.3. The highest BCUT2D eigenvalue weighted by Gasteiger charge is 2.38. The lowest BCUT2D eigenvalue weighted by Crippen LogP contribution is -2.45. The van der Waals surface area contributed by atoms with Crippen molar-refractivity contribution in [3.05, 3.63) is 29.8 Å². The van der Waals surface area contributed by atoms with E-state index in [1.165, 1.54) is 24.8 Å². The number of nitrogens with one attached hydrogen (secondary N) is 1. The monoisotopic (exact) mass is 263 g/mol. The normalized spacial score (nSPS) is 16.9. The van der Waals surface area contributed by atoms with Crippen LogP contribution in [0.4, 0.5) is 0 Å². The van der Waals surface area contributed by atoms with E-state index in [-0.39, 0.29) is 5.60 Å². The Balaban J connectivity index is 1.90. The highest BCUT2D eigenvalue weighted by atomic mass is 16.5. The number of benzene rings is 1. The van der Waals surface area contributed by atoms with Gasteiger partial charge in [0.05, 0.1) is 6.61 Å². The lowest BCUT2D eigenvalue weighted by atomic mass is 9.77. The molecule has 0 amide bonds. The summed E-state index contributed by atoms with van der Waals surface area (Å²) in [6.07, 6.45) is 5.70. The second-order valence-corrected chi connectivity index (χ2v) is 5.38. The van der Waals surface area contributed by atoms with Crippen LogP contribution in [-0.2, 0) is 11.2 Å². The van der Waals surface area contributed by atoms with Crippen LogP contribution in [0.25, 0.3) is 0 Å². The molecule has 1 saturated carbocycles. The first-order valence-corrected chi connectivity index (χ1v) is 7.19. The predicted octanol–water partition coefficient (Wildman–Crippen LogP) is 2.79. The third-order valence-corrected chi connectivity index (χ3v) is 3.95. The fourth-order valence-corrected chi connectivity index (χ4v) is 2.52. The van der Waals surface area contributed by atoms with Crippen LogP contribution in [0.5, 0.6) is 5.75 Å². The van der Waals surface area contributed by atoms with Crippen molar-refractivity contribution in [3.8, 4) is 5.75 Å². The molecule has 0 aromatic heterocycles. The molecule has 1 aromatic carbocycles. The Morgan fingerprint density at radius 3 is 2.47 bits per heavy atom. The number of rotatable bonds is 8. The molecule has 0 atom stereocenters. The highest BCUT2D eigenvalue weighted by Crippen LogP contribution is 2.39. The van der Waals surface area contributed by atoms with Crippen molar-refractivity contribution >= 4 is 0 Å². The SMILES string of the molecule is CNCCC1(Oc2ccc(CCOC)cc2)CCC1. The fraction of sp³-hybridized carbons (Fsp3) is 0.625. The molecule has 1 aliphatic carbocycles. The van der Waals surface area contributed by atoms with E-state index in [4.69, 9.17) is 9.47 Å². The Bertz CT molecular complexity index is 371. The van der Waals surface area contributed by atoms with Crippen molar-refractivity contribution in [2.75, 3.05) is 27.3 Å². The summed E-state index contributed by atoms with van der Waals surface area (Å²) in [7, 11) is 3.73. The molecule has 0 radical (unpaired) electrons. The van der Waals surface area contributed by atoms with Gasteiger partial charge >= 0.3 is 0 Å². The third kappa shape index (κ3) is 3.95. The van der Waals surface area contributed by atoms with E-state index in [1.807, 2.05) is 7.05 Å². The zero-order valence-corrected chi connectivity index (χ0v) is 12.1. The van der Waals surface area contributed by atoms with E-state index in [0.29, 0.717) is 0 Å². The lowest BCUT2D eigenvalue weighted by molar-refractivity contribution is -0.0139. The summed E-state index contributed by atoms with van der Waals surface area (Å²) in [5.41, 5.74) is 1.38. The minimum absolute atomic E-state index is 0.0804. The van der Waals surface area contributed by atoms with Gasteiger partial charge in [-0.2, -0.15) is 0 Å². The Kier molecular flexibility index (Phi) is 5.23. The maximum absolute atomic E-state index is 6.23. The first-order valence-electron chi connectivity index (χ1n) is 7.19. The molecule has 0 aliphatic heterocycles. The van der Waals surface area contributed by atoms with Crippen molar-refractivity contribution in [2.24, 2.45) is 0 Å². The van der Waals surface area contributed by atoms with E-state index >= 15 is 0 Å². The van der Waals surface area contributed by atoms with Gasteiger partial charge < -0.3 is 14.8 Å². The Morgan fingerprint density at radius 2 is 1.95 bits per heavy atom. The van der Waals surface area contributed by atoms with Gasteiger partial charge in [-0.05, 0) is 63.4 Å². The first kappa shape index (κ1) is 14.4. The molecule has 106 valence electrons. The molecule has 0 heterocycles. The molecule has 3 heteroatoms. The summed E-state index contributed by atoms with van der Waals surface area (Å²) >= 11 is 0. The molecule has 1 aliphatic rings. The maximum atomic E-state index is 6.23. The molecular weight excluding hydrogens is 238 g/mol. The summed E-state index contributed by atoms with van der Waals surface area (Å²) in [4.78, 5) is 0. The molecule has 0 bridgehead atoms. The van der Waals surface area contributed by atoms with Gasteiger partial charge in [0.25, 0.3) is 0 Å². The van der Waals surface area contributed by atoms with Gasteiger partial charge in [-0.25, -0.2) is 0 Å². The van der Waals surface area contributed by atoms with Crippen molar-refractivity contribution < 1.29 is 9.47 Å². The van der Waals surface area contributed by atoms with Crippen LogP contribution in [0.15, 0.2) is 24.3 Å². The molecule has 2 rings (SSSR count). The number of hydrogen-bond donors (Lipinski definition) is 1. The van der Waals surface area contributed by atoms with Gasteiger partial charge in [0.2, 0.25) is 0 Å². The molecule has 0 spiro atoms. The highest BCUT2D eigenvalue weighted by molar-refractivity contribution is 5.28. The maximum Gasteiger partial charge on any atom is 0.120 e. The first-order chi connectivity index (χ1) is 9.28. The van der Waals surface area contributed by atoms with Gasteiger partial charge in [-0.15, -0.1) is 0 Å². The van der Waals surface area contributed by atoms with E-state index in [1.54, 1.807) is 7.11 Å². The van der Waals surface area contributed by atoms with E-state index in [9.17, 15) is 0 Å². The fourth-order valence-electron chi connectivity index (χ4n) is 2.52. The molecule has 1 aromatic rings. The summed E-state index contributed by atoms with van der Waals surface area (Å²) in [5, 5.41) is 3.22. The minimum Gasteiger partial charge on any atom is -0.487 e. The average molecular weight is 263 g/mol. The second-order valence-electron chi connectivity index (χ2n) is 5.38. The van der Waals surface area contributed by atoms with Gasteiger partial charge in [0.15, 0.2) is 0 Å². The van der Waals surface area contributed by atoms with Crippen LogP contribution in [0.1, 0.15) is 31.2 Å². The minimum atomic E-state index is 0.0804. The summed E-state index contributed by atoms with van der Waals surface area (Å²) in [5.74, 6) is 0.997. The molecule has 1 N–H and O–H groups in total. The van der Waals surface area contributed by atoms with Crippen molar-refractivity contribution in [2.45, 2.75) is 37.7 Å². The average Bonchev–Trinajstić information content (AvgIpc) is 2.41. The number of methoxy groups -OCH3 is 1. The van der Waals surface area contributed by atoms with Crippen molar-refractivity contribution in [1.29, 1.82) is 0 Å². The van der Waals surface area contributed by atoms with Gasteiger partial charge in [0, 0.05) is 7.11 Å². The molecule has 3 nitrogen and oxygen atoms in total. The smallest absolute Gasteiger partial charge is 0.120 e. The Labute approximate surface area is 116 Å². The van der Waals surface area contributed by atoms with E-state index in [0.717, 1.165) is 31.7 Å². The quantitative estimate of drug-likeness (QED) is 0.782. The van der Waals surface area contributed by atoms with E-state index in [2.05, 4.69) is 29.6 Å². The van der Waals surface area contributed by atoms with Crippen molar-refractivity contribution in [3.63, 3.8) is 0 Å². The zero-order chi connectivity index (χ0) is 13.6. The number of hydrogen-bond acceptors (Lipinski definition) is 3. The second kappa shape index (κ2) is 6.92. The zero-order valence-electron chi connectivity index (χ0n) is 12.1. The largest absolute Gasteiger partial charge is 0.487 e. The van der Waals surface area contributed by atoms with Crippen LogP contribution in [0, 0.1) is 0 Å². The summed E-state index contributed by atoms with van der Waals surface area (Å²) in [6, 6.07) is 8.45. The topological polar surface area (TPSA) is 30.5 Å². The van der Waals surface area contributed by atoms with Gasteiger partial charge in [-0.1, -0.05) is 12.1 Å². The molecule has 0 saturated heterocycles. The lowest BCUT2D eigenvalue weighted by Gasteiger charge is -2.42.